The van der Waals surface area contributed by atoms with Gasteiger partial charge < -0.3 is 9.47 Å². The summed E-state index contributed by atoms with van der Waals surface area (Å²) in [5.41, 5.74) is 3.56. The molecule has 8 heteroatoms. The van der Waals surface area contributed by atoms with E-state index in [0.29, 0.717) is 16.9 Å². The number of benzene rings is 2. The third-order valence-electron chi connectivity index (χ3n) is 4.93. The lowest BCUT2D eigenvalue weighted by molar-refractivity contribution is -0.386. The minimum absolute atomic E-state index is 0.0742. The number of nitrogens with zero attached hydrogens (tertiary/aromatic N) is 3. The van der Waals surface area contributed by atoms with Crippen molar-refractivity contribution in [1.29, 1.82) is 0 Å². The van der Waals surface area contributed by atoms with Crippen LogP contribution in [0.5, 0.6) is 11.5 Å². The molecule has 0 aliphatic heterocycles. The molecule has 0 aliphatic carbocycles. The molecule has 0 fully saturated rings. The van der Waals surface area contributed by atoms with Crippen molar-refractivity contribution in [3.8, 4) is 11.5 Å². The lowest BCUT2D eigenvalue weighted by Gasteiger charge is -2.12. The molecule has 0 radical (unpaired) electrons. The number of nitro benzene ring substituents is 1. The maximum Gasteiger partial charge on any atom is 0.310 e. The van der Waals surface area contributed by atoms with E-state index >= 15 is 0 Å². The fourth-order valence-corrected chi connectivity index (χ4v) is 3.06. The van der Waals surface area contributed by atoms with Gasteiger partial charge in [0.1, 0.15) is 12.4 Å². The van der Waals surface area contributed by atoms with Crippen LogP contribution >= 0.6 is 0 Å². The van der Waals surface area contributed by atoms with E-state index in [1.165, 1.54) is 19.3 Å². The average Bonchev–Trinajstić information content (AvgIpc) is 3.08. The van der Waals surface area contributed by atoms with E-state index in [1.54, 1.807) is 42.2 Å². The summed E-state index contributed by atoms with van der Waals surface area (Å²) in [6.07, 6.45) is 4.73. The molecule has 0 spiro atoms. The highest BCUT2D eigenvalue weighted by Gasteiger charge is 2.16. The SMILES string of the molecule is COc1ccc(/C=C/C(=O)c2cnn(C)c2C)cc1COc1cc(C)ccc1[N+](=O)[O-]. The summed E-state index contributed by atoms with van der Waals surface area (Å²) < 4.78 is 12.8. The molecule has 0 amide bonds. The quantitative estimate of drug-likeness (QED) is 0.231. The number of ether oxygens (including phenoxy) is 2. The molecule has 2 aromatic carbocycles. The molecule has 3 aromatic rings. The largest absolute Gasteiger partial charge is 0.496 e. The third kappa shape index (κ3) is 4.98. The first kappa shape index (κ1) is 21.8. The number of carbonyl (C=O) groups excluding carboxylic acids is 1. The van der Waals surface area contributed by atoms with Gasteiger partial charge in [0.05, 0.1) is 23.8 Å². The van der Waals surface area contributed by atoms with Crippen molar-refractivity contribution in [2.24, 2.45) is 7.05 Å². The van der Waals surface area contributed by atoms with E-state index in [-0.39, 0.29) is 23.8 Å². The number of nitro groups is 1. The Morgan fingerprint density at radius 3 is 2.61 bits per heavy atom. The first-order valence-corrected chi connectivity index (χ1v) is 9.56. The van der Waals surface area contributed by atoms with Gasteiger partial charge in [-0.2, -0.15) is 5.10 Å². The number of allylic oxidation sites excluding steroid dienone is 1. The molecule has 0 saturated heterocycles. The first-order valence-electron chi connectivity index (χ1n) is 9.56. The zero-order valence-corrected chi connectivity index (χ0v) is 17.8. The molecule has 0 aliphatic rings. The average molecular weight is 421 g/mol. The fraction of sp³-hybridized carbons (Fsp3) is 0.217. The van der Waals surface area contributed by atoms with E-state index in [0.717, 1.165) is 16.8 Å². The predicted octanol–water partition coefficient (Wildman–Crippen LogP) is 4.43. The lowest BCUT2D eigenvalue weighted by atomic mass is 10.1. The van der Waals surface area contributed by atoms with E-state index in [1.807, 2.05) is 26.0 Å². The summed E-state index contributed by atoms with van der Waals surface area (Å²) in [4.78, 5) is 23.2. The van der Waals surface area contributed by atoms with Gasteiger partial charge in [0.15, 0.2) is 11.5 Å². The van der Waals surface area contributed by atoms with Gasteiger partial charge in [-0.3, -0.25) is 19.6 Å². The van der Waals surface area contributed by atoms with Crippen molar-refractivity contribution in [3.63, 3.8) is 0 Å². The van der Waals surface area contributed by atoms with Crippen LogP contribution in [0.4, 0.5) is 5.69 Å². The Balaban J connectivity index is 1.81. The molecule has 0 N–H and O–H groups in total. The molecule has 0 bridgehead atoms. The number of ketones is 1. The molecule has 0 saturated carbocycles. The molecule has 160 valence electrons. The van der Waals surface area contributed by atoms with Gasteiger partial charge in [-0.05, 0) is 49.2 Å². The molecule has 31 heavy (non-hydrogen) atoms. The van der Waals surface area contributed by atoms with Gasteiger partial charge in [-0.1, -0.05) is 18.2 Å². The summed E-state index contributed by atoms with van der Waals surface area (Å²) >= 11 is 0. The van der Waals surface area contributed by atoms with Gasteiger partial charge in [-0.25, -0.2) is 0 Å². The van der Waals surface area contributed by atoms with Crippen LogP contribution in [0.3, 0.4) is 0 Å². The number of carbonyl (C=O) groups is 1. The number of methoxy groups -OCH3 is 1. The van der Waals surface area contributed by atoms with Crippen molar-refractivity contribution in [2.45, 2.75) is 20.5 Å². The Labute approximate surface area is 179 Å². The predicted molar refractivity (Wildman–Crippen MR) is 116 cm³/mol. The summed E-state index contributed by atoms with van der Waals surface area (Å²) in [5, 5.41) is 15.4. The molecule has 1 aromatic heterocycles. The summed E-state index contributed by atoms with van der Waals surface area (Å²) in [7, 11) is 3.32. The molecule has 1 heterocycles. The lowest BCUT2D eigenvalue weighted by Crippen LogP contribution is -2.02. The van der Waals surface area contributed by atoms with Crippen molar-refractivity contribution < 1.29 is 19.2 Å². The number of rotatable bonds is 8. The molecule has 0 atom stereocenters. The number of aryl methyl sites for hydroxylation is 2. The highest BCUT2D eigenvalue weighted by molar-refractivity contribution is 6.07. The Bertz CT molecular complexity index is 1160. The third-order valence-corrected chi connectivity index (χ3v) is 4.93. The minimum Gasteiger partial charge on any atom is -0.496 e. The number of hydrogen-bond donors (Lipinski definition) is 0. The van der Waals surface area contributed by atoms with E-state index in [9.17, 15) is 14.9 Å². The zero-order chi connectivity index (χ0) is 22.5. The van der Waals surface area contributed by atoms with Crippen LogP contribution in [0, 0.1) is 24.0 Å². The second-order valence-corrected chi connectivity index (χ2v) is 7.05. The standard InChI is InChI=1S/C23H23N3O5/c1-15-5-8-20(26(28)29)23(11-15)31-14-18-12-17(7-10-22(18)30-4)6-9-21(27)19-13-24-25(3)16(19)2/h5-13H,14H2,1-4H3/b9-6+. The highest BCUT2D eigenvalue weighted by atomic mass is 16.6. The van der Waals surface area contributed by atoms with Crippen LogP contribution in [-0.2, 0) is 13.7 Å². The summed E-state index contributed by atoms with van der Waals surface area (Å²) in [6, 6.07) is 10.1. The first-order chi connectivity index (χ1) is 14.8. The summed E-state index contributed by atoms with van der Waals surface area (Å²) in [5.74, 6) is 0.631. The number of aromatic nitrogens is 2. The van der Waals surface area contributed by atoms with Gasteiger partial charge in [0, 0.05) is 24.4 Å². The van der Waals surface area contributed by atoms with Gasteiger partial charge in [0.2, 0.25) is 0 Å². The van der Waals surface area contributed by atoms with Crippen LogP contribution in [-0.4, -0.2) is 27.6 Å². The van der Waals surface area contributed by atoms with Crippen molar-refractivity contribution in [3.05, 3.63) is 86.7 Å². The van der Waals surface area contributed by atoms with E-state index in [4.69, 9.17) is 9.47 Å². The molecule has 0 unspecified atom stereocenters. The minimum atomic E-state index is -0.475. The Hall–Kier alpha value is -3.94. The van der Waals surface area contributed by atoms with Crippen molar-refractivity contribution >= 4 is 17.5 Å². The second-order valence-electron chi connectivity index (χ2n) is 7.05. The molecular formula is C23H23N3O5. The zero-order valence-electron chi connectivity index (χ0n) is 17.8. The van der Waals surface area contributed by atoms with E-state index in [2.05, 4.69) is 5.10 Å². The maximum atomic E-state index is 12.5. The molecular weight excluding hydrogens is 398 g/mol. The molecule has 3 rings (SSSR count). The van der Waals surface area contributed by atoms with Crippen LogP contribution in [0.25, 0.3) is 6.08 Å². The highest BCUT2D eigenvalue weighted by Crippen LogP contribution is 2.30. The van der Waals surface area contributed by atoms with Gasteiger partial charge >= 0.3 is 5.69 Å². The van der Waals surface area contributed by atoms with Gasteiger partial charge in [0.25, 0.3) is 0 Å². The fourth-order valence-electron chi connectivity index (χ4n) is 3.06. The monoisotopic (exact) mass is 421 g/mol. The summed E-state index contributed by atoms with van der Waals surface area (Å²) in [6.45, 7) is 3.75. The second kappa shape index (κ2) is 9.25. The Morgan fingerprint density at radius 2 is 1.97 bits per heavy atom. The van der Waals surface area contributed by atoms with Crippen LogP contribution in [0.2, 0.25) is 0 Å². The van der Waals surface area contributed by atoms with Crippen molar-refractivity contribution in [2.75, 3.05) is 7.11 Å². The molecule has 8 nitrogen and oxygen atoms in total. The van der Waals surface area contributed by atoms with Crippen molar-refractivity contribution in [1.82, 2.24) is 9.78 Å². The number of hydrogen-bond acceptors (Lipinski definition) is 6. The van der Waals surface area contributed by atoms with Gasteiger partial charge in [-0.15, -0.1) is 0 Å². The topological polar surface area (TPSA) is 96.5 Å². The van der Waals surface area contributed by atoms with E-state index < -0.39 is 4.92 Å². The normalized spacial score (nSPS) is 11.0. The van der Waals surface area contributed by atoms with Crippen LogP contribution in [0.15, 0.2) is 48.7 Å². The Morgan fingerprint density at radius 1 is 1.19 bits per heavy atom. The smallest absolute Gasteiger partial charge is 0.310 e. The maximum absolute atomic E-state index is 12.5. The van der Waals surface area contributed by atoms with Crippen LogP contribution in [0.1, 0.15) is 32.7 Å². The Kier molecular flexibility index (Phi) is 6.49. The van der Waals surface area contributed by atoms with Crippen LogP contribution < -0.4 is 9.47 Å².